The monoisotopic (exact) mass is 559 g/mol. The standard InChI is InChI=1S/C30H49N7O3/c31-16-5-3-14-26(33)29(39)35-18-8-20-37(21-9-19-36-30(40)27(34)15-4-6-17-32)28(38)22-24-12-7-11-23-10-1-2-13-25(23)24/h1-2,7,10-13,26-27H,3-6,8-9,14-22,31-34H2,(H,35,39)(H,36,40)/p+4/t26-,27-/m0/s1. The third-order valence-electron chi connectivity index (χ3n) is 7.23. The van der Waals surface area contributed by atoms with Gasteiger partial charge in [0.15, 0.2) is 12.1 Å². The molecule has 2 aromatic carbocycles. The number of fused-ring (bicyclic) bond motifs is 1. The maximum atomic E-state index is 13.4. The number of nitrogens with one attached hydrogen (secondary N) is 2. The second kappa shape index (κ2) is 19.1. The van der Waals surface area contributed by atoms with Gasteiger partial charge in [0.1, 0.15) is 0 Å². The largest absolute Gasteiger partial charge is 0.358 e. The van der Waals surface area contributed by atoms with Gasteiger partial charge in [-0.3, -0.25) is 14.4 Å². The second-order valence-corrected chi connectivity index (χ2v) is 10.6. The number of amides is 3. The zero-order valence-electron chi connectivity index (χ0n) is 24.3. The van der Waals surface area contributed by atoms with Crippen molar-refractivity contribution >= 4 is 28.5 Å². The third-order valence-corrected chi connectivity index (χ3v) is 7.23. The zero-order chi connectivity index (χ0) is 29.2. The molecule has 2 aromatic rings. The summed E-state index contributed by atoms with van der Waals surface area (Å²) in [5.41, 5.74) is 16.6. The normalized spacial score (nSPS) is 12.6. The van der Waals surface area contributed by atoms with Crippen LogP contribution in [0.4, 0.5) is 0 Å². The van der Waals surface area contributed by atoms with Gasteiger partial charge in [0.2, 0.25) is 5.91 Å². The number of unbranched alkanes of at least 4 members (excludes halogenated alkanes) is 2. The van der Waals surface area contributed by atoms with Crippen LogP contribution in [0, 0.1) is 0 Å². The number of carbonyl (C=O) groups excluding carboxylic acids is 3. The Hall–Kier alpha value is -3.05. The van der Waals surface area contributed by atoms with Crippen molar-refractivity contribution in [1.82, 2.24) is 15.5 Å². The summed E-state index contributed by atoms with van der Waals surface area (Å²) in [6.07, 6.45) is 7.02. The van der Waals surface area contributed by atoms with Gasteiger partial charge in [0.25, 0.3) is 11.8 Å². The maximum Gasteiger partial charge on any atom is 0.278 e. The lowest BCUT2D eigenvalue weighted by Gasteiger charge is -2.24. The van der Waals surface area contributed by atoms with Crippen LogP contribution in [0.1, 0.15) is 56.9 Å². The van der Waals surface area contributed by atoms with Gasteiger partial charge >= 0.3 is 0 Å². The number of nitrogens with zero attached hydrogens (tertiary/aromatic N) is 1. The van der Waals surface area contributed by atoms with E-state index in [0.717, 1.165) is 68.0 Å². The third kappa shape index (κ3) is 12.0. The van der Waals surface area contributed by atoms with E-state index in [9.17, 15) is 14.4 Å². The van der Waals surface area contributed by atoms with Crippen LogP contribution >= 0.6 is 0 Å². The first-order valence-corrected chi connectivity index (χ1v) is 14.9. The van der Waals surface area contributed by atoms with Crippen molar-refractivity contribution in [2.24, 2.45) is 0 Å². The summed E-state index contributed by atoms with van der Waals surface area (Å²) >= 11 is 0. The van der Waals surface area contributed by atoms with Gasteiger partial charge < -0.3 is 38.5 Å². The average Bonchev–Trinajstić information content (AvgIpc) is 2.96. The van der Waals surface area contributed by atoms with Gasteiger partial charge in [0.05, 0.1) is 19.5 Å². The second-order valence-electron chi connectivity index (χ2n) is 10.6. The Morgan fingerprint density at radius 3 is 1.77 bits per heavy atom. The van der Waals surface area contributed by atoms with Gasteiger partial charge in [0, 0.05) is 39.0 Å². The Kier molecular flexibility index (Phi) is 15.8. The van der Waals surface area contributed by atoms with Gasteiger partial charge in [-0.25, -0.2) is 0 Å². The summed E-state index contributed by atoms with van der Waals surface area (Å²) < 4.78 is 0. The molecule has 0 aliphatic carbocycles. The highest BCUT2D eigenvalue weighted by molar-refractivity contribution is 5.90. The van der Waals surface area contributed by atoms with E-state index in [1.54, 1.807) is 0 Å². The lowest BCUT2D eigenvalue weighted by molar-refractivity contribution is -0.406. The minimum atomic E-state index is -0.269. The van der Waals surface area contributed by atoms with Gasteiger partial charge in [-0.05, 0) is 54.9 Å². The van der Waals surface area contributed by atoms with Crippen LogP contribution in [0.25, 0.3) is 10.8 Å². The highest BCUT2D eigenvalue weighted by Gasteiger charge is 2.19. The quantitative estimate of drug-likeness (QED) is 0.105. The molecule has 10 nitrogen and oxygen atoms in total. The van der Waals surface area contributed by atoms with Crippen LogP contribution in [-0.4, -0.2) is 74.0 Å². The molecule has 3 amide bonds. The summed E-state index contributed by atoms with van der Waals surface area (Å²) in [6, 6.07) is 13.6. The summed E-state index contributed by atoms with van der Waals surface area (Å²) in [4.78, 5) is 40.0. The van der Waals surface area contributed by atoms with Gasteiger partial charge in [-0.2, -0.15) is 0 Å². The van der Waals surface area contributed by atoms with Crippen LogP contribution in [-0.2, 0) is 20.8 Å². The molecule has 0 fully saturated rings. The molecule has 2 rings (SSSR count). The van der Waals surface area contributed by atoms with Gasteiger partial charge in [-0.1, -0.05) is 42.5 Å². The van der Waals surface area contributed by atoms with E-state index in [2.05, 4.69) is 45.7 Å². The molecule has 0 aromatic heterocycles. The van der Waals surface area contributed by atoms with Crippen LogP contribution in [0.5, 0.6) is 0 Å². The molecule has 0 saturated heterocycles. The van der Waals surface area contributed by atoms with E-state index in [4.69, 9.17) is 0 Å². The van der Waals surface area contributed by atoms with Crippen molar-refractivity contribution in [1.29, 1.82) is 0 Å². The molecule has 0 spiro atoms. The van der Waals surface area contributed by atoms with E-state index in [0.29, 0.717) is 45.4 Å². The molecule has 2 atom stereocenters. The summed E-state index contributed by atoms with van der Waals surface area (Å²) in [6.45, 7) is 3.78. The molecule has 14 N–H and O–H groups in total. The Labute approximate surface area is 238 Å². The van der Waals surface area contributed by atoms with Crippen molar-refractivity contribution in [3.63, 3.8) is 0 Å². The Morgan fingerprint density at radius 1 is 0.700 bits per heavy atom. The Balaban J connectivity index is 1.91. The minimum absolute atomic E-state index is 0.0421. The number of hydrogen-bond acceptors (Lipinski definition) is 3. The average molecular weight is 560 g/mol. The molecule has 40 heavy (non-hydrogen) atoms. The number of benzene rings is 2. The Bertz CT molecular complexity index is 1010. The number of hydrogen-bond donors (Lipinski definition) is 6. The van der Waals surface area contributed by atoms with E-state index < -0.39 is 0 Å². The van der Waals surface area contributed by atoms with E-state index in [1.807, 2.05) is 35.2 Å². The molecule has 10 heteroatoms. The van der Waals surface area contributed by atoms with Crippen molar-refractivity contribution in [2.75, 3.05) is 39.3 Å². The zero-order valence-corrected chi connectivity index (χ0v) is 24.3. The highest BCUT2D eigenvalue weighted by atomic mass is 16.2. The van der Waals surface area contributed by atoms with E-state index in [-0.39, 0.29) is 29.8 Å². The topological polar surface area (TPSA) is 189 Å². The molecular formula is C30H53N7O3+4. The molecular weight excluding hydrogens is 506 g/mol. The summed E-state index contributed by atoms with van der Waals surface area (Å²) in [7, 11) is 0. The molecule has 0 saturated carbocycles. The molecule has 0 unspecified atom stereocenters. The predicted molar refractivity (Wildman–Crippen MR) is 156 cm³/mol. The van der Waals surface area contributed by atoms with Gasteiger partial charge in [-0.15, -0.1) is 0 Å². The lowest BCUT2D eigenvalue weighted by atomic mass is 10.0. The smallest absolute Gasteiger partial charge is 0.278 e. The van der Waals surface area contributed by atoms with Crippen LogP contribution in [0.2, 0.25) is 0 Å². The first kappa shape index (κ1) is 33.2. The van der Waals surface area contributed by atoms with Crippen LogP contribution in [0.3, 0.4) is 0 Å². The highest BCUT2D eigenvalue weighted by Crippen LogP contribution is 2.19. The summed E-state index contributed by atoms with van der Waals surface area (Å²) in [5, 5.41) is 8.13. The first-order valence-electron chi connectivity index (χ1n) is 14.9. The van der Waals surface area contributed by atoms with Crippen molar-refractivity contribution in [2.45, 2.75) is 69.9 Å². The molecule has 0 bridgehead atoms. The fourth-order valence-electron chi connectivity index (χ4n) is 4.73. The fourth-order valence-corrected chi connectivity index (χ4v) is 4.73. The predicted octanol–water partition coefficient (Wildman–Crippen LogP) is -1.73. The van der Waals surface area contributed by atoms with E-state index in [1.165, 1.54) is 0 Å². The molecule has 0 aliphatic heterocycles. The number of carbonyl (C=O) groups is 3. The SMILES string of the molecule is [NH3+]CCCC[C@H]([NH3+])C(=O)NCCCN(CCCNC(=O)[C@@H]([NH3+])CCCC[NH3+])C(=O)Cc1cccc2ccccc12. The van der Waals surface area contributed by atoms with Crippen molar-refractivity contribution < 1.29 is 37.3 Å². The van der Waals surface area contributed by atoms with Crippen LogP contribution < -0.4 is 33.6 Å². The van der Waals surface area contributed by atoms with Crippen molar-refractivity contribution in [3.8, 4) is 0 Å². The lowest BCUT2D eigenvalue weighted by Crippen LogP contribution is -2.67. The maximum absolute atomic E-state index is 13.4. The number of rotatable bonds is 20. The minimum Gasteiger partial charge on any atom is -0.358 e. The first-order chi connectivity index (χ1) is 19.4. The molecule has 222 valence electrons. The number of quaternary nitrogens is 4. The summed E-state index contributed by atoms with van der Waals surface area (Å²) in [5.74, 6) is -0.0444. The van der Waals surface area contributed by atoms with Crippen molar-refractivity contribution in [3.05, 3.63) is 48.0 Å². The Morgan fingerprint density at radius 2 is 1.23 bits per heavy atom. The molecule has 0 radical (unpaired) electrons. The molecule has 0 aliphatic rings. The fraction of sp³-hybridized carbons (Fsp3) is 0.567. The molecule has 0 heterocycles. The van der Waals surface area contributed by atoms with Crippen LogP contribution in [0.15, 0.2) is 42.5 Å². The van der Waals surface area contributed by atoms with E-state index >= 15 is 0 Å².